The molecule has 1 heterocycles. The van der Waals surface area contributed by atoms with Gasteiger partial charge in [-0.25, -0.2) is 0 Å². The lowest BCUT2D eigenvalue weighted by atomic mass is 9.72. The Balaban J connectivity index is 2.02. The monoisotopic (exact) mass is 353 g/mol. The maximum atomic E-state index is 10.8. The van der Waals surface area contributed by atoms with Crippen molar-refractivity contribution in [2.75, 3.05) is 5.12 Å². The molecule has 1 atom stereocenters. The van der Waals surface area contributed by atoms with Gasteiger partial charge >= 0.3 is 0 Å². The molecule has 1 unspecified atom stereocenters. The Morgan fingerprint density at radius 3 is 2.50 bits per heavy atom. The zero-order chi connectivity index (χ0) is 19.1. The number of phenols is 1. The van der Waals surface area contributed by atoms with Crippen molar-refractivity contribution in [1.82, 2.24) is 5.43 Å². The van der Waals surface area contributed by atoms with Crippen LogP contribution in [-0.2, 0) is 11.8 Å². The summed E-state index contributed by atoms with van der Waals surface area (Å²) in [5.41, 5.74) is 7.48. The van der Waals surface area contributed by atoms with Crippen LogP contribution in [0, 0.1) is 5.41 Å². The zero-order valence-corrected chi connectivity index (χ0v) is 16.8. The number of nitrogens with zero attached hydrogens (tertiary/aromatic N) is 2. The topological polar surface area (TPSA) is 47.9 Å². The second kappa shape index (κ2) is 6.58. The van der Waals surface area contributed by atoms with Crippen LogP contribution in [0.25, 0.3) is 0 Å². The molecule has 1 aromatic rings. The third-order valence-electron chi connectivity index (χ3n) is 5.01. The average Bonchev–Trinajstić information content (AvgIpc) is 2.96. The van der Waals surface area contributed by atoms with E-state index in [1.165, 1.54) is 5.56 Å². The highest BCUT2D eigenvalue weighted by Gasteiger charge is 2.31. The quantitative estimate of drug-likeness (QED) is 0.814. The molecule has 1 aromatic carbocycles. The molecule has 0 bridgehead atoms. The number of phenolic OH excluding ortho intramolecular Hbond substituents is 1. The van der Waals surface area contributed by atoms with Crippen molar-refractivity contribution in [1.29, 1.82) is 0 Å². The van der Waals surface area contributed by atoms with Gasteiger partial charge in [0.1, 0.15) is 11.4 Å². The molecular formula is C22H31N3O. The number of benzene rings is 1. The minimum absolute atomic E-state index is 0.00402. The first-order chi connectivity index (χ1) is 12.1. The molecule has 1 aliphatic carbocycles. The fraction of sp³-hybridized carbons (Fsp3) is 0.500. The average molecular weight is 354 g/mol. The van der Waals surface area contributed by atoms with Crippen molar-refractivity contribution < 1.29 is 5.11 Å². The van der Waals surface area contributed by atoms with E-state index < -0.39 is 0 Å². The summed E-state index contributed by atoms with van der Waals surface area (Å²) in [6.07, 6.45) is 9.92. The van der Waals surface area contributed by atoms with Gasteiger partial charge in [0.05, 0.1) is 11.8 Å². The first kappa shape index (κ1) is 18.7. The molecule has 3 rings (SSSR count). The molecule has 0 fully saturated rings. The van der Waals surface area contributed by atoms with Crippen LogP contribution in [-0.4, -0.2) is 16.9 Å². The molecule has 2 N–H and O–H groups in total. The fourth-order valence-electron chi connectivity index (χ4n) is 4.06. The summed E-state index contributed by atoms with van der Waals surface area (Å²) >= 11 is 0. The fourth-order valence-corrected chi connectivity index (χ4v) is 4.06. The molecule has 0 aromatic heterocycles. The normalized spacial score (nSPS) is 19.7. The van der Waals surface area contributed by atoms with E-state index in [0.29, 0.717) is 5.75 Å². The van der Waals surface area contributed by atoms with Crippen molar-refractivity contribution in [2.24, 2.45) is 10.5 Å². The van der Waals surface area contributed by atoms with E-state index in [-0.39, 0.29) is 16.9 Å². The Labute approximate surface area is 157 Å². The van der Waals surface area contributed by atoms with Gasteiger partial charge in [-0.05, 0) is 46.9 Å². The number of anilines is 1. The van der Waals surface area contributed by atoms with E-state index >= 15 is 0 Å². The third kappa shape index (κ3) is 3.70. The second-order valence-corrected chi connectivity index (χ2v) is 9.17. The molecule has 4 heteroatoms. The van der Waals surface area contributed by atoms with Crippen LogP contribution in [0.3, 0.4) is 0 Å². The van der Waals surface area contributed by atoms with Gasteiger partial charge in [0.15, 0.2) is 0 Å². The Kier molecular flexibility index (Phi) is 4.74. The lowest BCUT2D eigenvalue weighted by molar-refractivity contribution is 0.284. The predicted molar refractivity (Wildman–Crippen MR) is 110 cm³/mol. The van der Waals surface area contributed by atoms with Crippen LogP contribution >= 0.6 is 0 Å². The largest absolute Gasteiger partial charge is 0.505 e. The summed E-state index contributed by atoms with van der Waals surface area (Å²) in [6, 6.07) is 4.30. The summed E-state index contributed by atoms with van der Waals surface area (Å²) in [5.74, 6) is 0.311. The molecule has 0 radical (unpaired) electrons. The molecule has 1 aliphatic heterocycles. The van der Waals surface area contributed by atoms with Crippen LogP contribution in [0.4, 0.5) is 5.69 Å². The van der Waals surface area contributed by atoms with Gasteiger partial charge < -0.3 is 5.11 Å². The van der Waals surface area contributed by atoms with Gasteiger partial charge in [-0.3, -0.25) is 0 Å². The molecule has 2 aliphatic rings. The summed E-state index contributed by atoms with van der Waals surface area (Å²) in [4.78, 5) is 0. The Bertz CT molecular complexity index is 781. The van der Waals surface area contributed by atoms with Gasteiger partial charge in [-0.15, -0.1) is 0 Å². The van der Waals surface area contributed by atoms with E-state index in [2.05, 4.69) is 70.3 Å². The number of fused-ring (bicyclic) bond motifs is 1. The maximum absolute atomic E-state index is 10.8. The van der Waals surface area contributed by atoms with E-state index in [4.69, 9.17) is 0 Å². The van der Waals surface area contributed by atoms with Gasteiger partial charge in [-0.1, -0.05) is 65.8 Å². The number of hydrogen-bond donors (Lipinski definition) is 2. The molecule has 0 saturated heterocycles. The number of hydrazone groups is 1. The SMILES string of the molecule is CCc1cc(C(C)(C)CC(C)(C)C)cc(N2N=C3C=CC=CC3N2)c1O. The van der Waals surface area contributed by atoms with Crippen molar-refractivity contribution >= 4 is 11.4 Å². The van der Waals surface area contributed by atoms with Crippen molar-refractivity contribution in [2.45, 2.75) is 65.8 Å². The van der Waals surface area contributed by atoms with E-state index in [9.17, 15) is 5.11 Å². The maximum Gasteiger partial charge on any atom is 0.145 e. The Hall–Kier alpha value is -2.07. The third-order valence-corrected chi connectivity index (χ3v) is 5.01. The van der Waals surface area contributed by atoms with Gasteiger partial charge in [0.2, 0.25) is 0 Å². The molecule has 0 saturated carbocycles. The van der Waals surface area contributed by atoms with Gasteiger partial charge in [0, 0.05) is 0 Å². The number of rotatable bonds is 4. The van der Waals surface area contributed by atoms with Crippen molar-refractivity contribution in [3.05, 3.63) is 47.6 Å². The Morgan fingerprint density at radius 2 is 1.88 bits per heavy atom. The van der Waals surface area contributed by atoms with E-state index in [1.807, 2.05) is 18.2 Å². The number of nitrogens with one attached hydrogen (secondary N) is 1. The smallest absolute Gasteiger partial charge is 0.145 e. The van der Waals surface area contributed by atoms with Crippen LogP contribution < -0.4 is 10.5 Å². The highest BCUT2D eigenvalue weighted by Crippen LogP contribution is 2.42. The molecular weight excluding hydrogens is 322 g/mol. The van der Waals surface area contributed by atoms with E-state index in [1.54, 1.807) is 5.12 Å². The standard InChI is InChI=1S/C22H31N3O/c1-7-15-12-16(22(5,6)14-21(2,3)4)13-19(20(15)26)25-23-17-10-8-9-11-18(17)24-25/h8-13,17,23,26H,7,14H2,1-6H3. The van der Waals surface area contributed by atoms with E-state index in [0.717, 1.165) is 29.8 Å². The molecule has 140 valence electrons. The molecule has 26 heavy (non-hydrogen) atoms. The lowest BCUT2D eigenvalue weighted by Gasteiger charge is -2.34. The van der Waals surface area contributed by atoms with Crippen LogP contribution in [0.1, 0.15) is 59.1 Å². The number of aryl methyl sites for hydroxylation is 1. The first-order valence-electron chi connectivity index (χ1n) is 9.47. The summed E-state index contributed by atoms with van der Waals surface area (Å²) in [5, 5.41) is 17.2. The first-order valence-corrected chi connectivity index (χ1v) is 9.47. The lowest BCUT2D eigenvalue weighted by Crippen LogP contribution is -2.37. The van der Waals surface area contributed by atoms with Gasteiger partial charge in [-0.2, -0.15) is 15.6 Å². The molecule has 0 spiro atoms. The summed E-state index contributed by atoms with van der Waals surface area (Å²) < 4.78 is 0. The zero-order valence-electron chi connectivity index (χ0n) is 16.8. The minimum atomic E-state index is 0.00402. The van der Waals surface area contributed by atoms with Crippen molar-refractivity contribution in [3.8, 4) is 5.75 Å². The van der Waals surface area contributed by atoms with Gasteiger partial charge in [0.25, 0.3) is 0 Å². The number of aromatic hydroxyl groups is 1. The van der Waals surface area contributed by atoms with Crippen LogP contribution in [0.2, 0.25) is 0 Å². The Morgan fingerprint density at radius 1 is 1.15 bits per heavy atom. The van der Waals surface area contributed by atoms with Crippen LogP contribution in [0.15, 0.2) is 41.5 Å². The number of allylic oxidation sites excluding steroid dienone is 2. The molecule has 4 nitrogen and oxygen atoms in total. The van der Waals surface area contributed by atoms with Crippen molar-refractivity contribution in [3.63, 3.8) is 0 Å². The highest BCUT2D eigenvalue weighted by molar-refractivity contribution is 6.03. The van der Waals surface area contributed by atoms with Crippen LogP contribution in [0.5, 0.6) is 5.75 Å². The number of hydrogen-bond acceptors (Lipinski definition) is 4. The highest BCUT2D eigenvalue weighted by atomic mass is 16.3. The minimum Gasteiger partial charge on any atom is -0.505 e. The molecule has 0 amide bonds. The predicted octanol–water partition coefficient (Wildman–Crippen LogP) is 4.84. The second-order valence-electron chi connectivity index (χ2n) is 9.17. The number of hydrazine groups is 1. The summed E-state index contributed by atoms with van der Waals surface area (Å²) in [6.45, 7) is 13.5. The summed E-state index contributed by atoms with van der Waals surface area (Å²) in [7, 11) is 0.